The van der Waals surface area contributed by atoms with Crippen LogP contribution in [0, 0.1) is 0 Å². The predicted octanol–water partition coefficient (Wildman–Crippen LogP) is 7.24. The second-order valence-corrected chi connectivity index (χ2v) is 11.6. The number of amides is 1. The highest BCUT2D eigenvalue weighted by molar-refractivity contribution is 9.10. The molecule has 1 amide bonds. The van der Waals surface area contributed by atoms with Gasteiger partial charge in [-0.2, -0.15) is 0 Å². The smallest absolute Gasteiger partial charge is 0.328 e. The fourth-order valence-corrected chi connectivity index (χ4v) is 6.03. The molecule has 0 unspecified atom stereocenters. The minimum absolute atomic E-state index is 0.0836. The number of hydrogen-bond donors (Lipinski definition) is 2. The molecule has 214 valence electrons. The summed E-state index contributed by atoms with van der Waals surface area (Å²) in [7, 11) is 0. The summed E-state index contributed by atoms with van der Waals surface area (Å²) in [5.74, 6) is -1.15. The van der Waals surface area contributed by atoms with E-state index in [1.165, 1.54) is 5.56 Å². The lowest BCUT2D eigenvalue weighted by molar-refractivity contribution is -0.138. The van der Waals surface area contributed by atoms with E-state index in [1.807, 2.05) is 78.9 Å². The zero-order valence-electron chi connectivity index (χ0n) is 22.9. The normalized spacial score (nSPS) is 16.2. The summed E-state index contributed by atoms with van der Waals surface area (Å²) in [5.41, 5.74) is 4.32. The summed E-state index contributed by atoms with van der Waals surface area (Å²) in [6, 6.07) is 31.0. The fourth-order valence-electron chi connectivity index (χ4n) is 5.28. The zero-order chi connectivity index (χ0) is 29.5. The van der Waals surface area contributed by atoms with Gasteiger partial charge in [0.1, 0.15) is 0 Å². The van der Waals surface area contributed by atoms with Crippen molar-refractivity contribution in [1.82, 2.24) is 4.90 Å². The highest BCUT2D eigenvalue weighted by Gasteiger charge is 2.31. The van der Waals surface area contributed by atoms with Crippen molar-refractivity contribution in [3.63, 3.8) is 0 Å². The quantitative estimate of drug-likeness (QED) is 0.178. The lowest BCUT2D eigenvalue weighted by atomic mass is 9.98. The lowest BCUT2D eigenvalue weighted by Gasteiger charge is -2.24. The Hall–Kier alpha value is -3.78. The molecule has 5 rings (SSSR count). The van der Waals surface area contributed by atoms with Crippen molar-refractivity contribution in [3.05, 3.63) is 135 Å². The molecule has 2 N–H and O–H groups in total. The van der Waals surface area contributed by atoms with Crippen LogP contribution in [0.3, 0.4) is 0 Å². The Labute approximate surface area is 259 Å². The van der Waals surface area contributed by atoms with Gasteiger partial charge >= 0.3 is 5.97 Å². The number of hydrogen-bond acceptors (Lipinski definition) is 4. The maximum atomic E-state index is 13.7. The molecule has 4 aromatic rings. The van der Waals surface area contributed by atoms with Crippen molar-refractivity contribution in [2.45, 2.75) is 37.9 Å². The number of likely N-dealkylation sites (tertiary alicyclic amines) is 1. The first kappa shape index (κ1) is 29.7. The van der Waals surface area contributed by atoms with E-state index in [4.69, 9.17) is 16.6 Å². The van der Waals surface area contributed by atoms with Crippen LogP contribution in [0.1, 0.15) is 35.1 Å². The summed E-state index contributed by atoms with van der Waals surface area (Å²) in [6.45, 7) is 1.56. The first-order valence-electron chi connectivity index (χ1n) is 13.9. The topological polar surface area (TPSA) is 82.0 Å². The van der Waals surface area contributed by atoms with Crippen LogP contribution in [0.4, 0.5) is 5.69 Å². The molecule has 42 heavy (non-hydrogen) atoms. The van der Waals surface area contributed by atoms with Crippen LogP contribution >= 0.6 is 27.5 Å². The third-order valence-electron chi connectivity index (χ3n) is 7.38. The molecule has 0 aromatic heterocycles. The second kappa shape index (κ2) is 13.9. The minimum atomic E-state index is -1.10. The molecule has 8 heteroatoms. The number of carboxylic acids is 1. The summed E-state index contributed by atoms with van der Waals surface area (Å²) in [5, 5.41) is 13.8. The number of carbonyl (C=O) groups is 2. The number of para-hydroxylation sites is 1. The zero-order valence-corrected chi connectivity index (χ0v) is 25.3. The number of benzene rings is 4. The minimum Gasteiger partial charge on any atom is -0.480 e. The number of carboxylic acid groups (broad SMARTS) is 1. The van der Waals surface area contributed by atoms with Gasteiger partial charge in [0, 0.05) is 33.6 Å². The fraction of sp³-hybridized carbons (Fsp3) is 0.206. The van der Waals surface area contributed by atoms with Gasteiger partial charge in [0.25, 0.3) is 0 Å². The van der Waals surface area contributed by atoms with Crippen LogP contribution in [0.5, 0.6) is 0 Å². The predicted molar refractivity (Wildman–Crippen MR) is 171 cm³/mol. The molecule has 1 heterocycles. The Bertz CT molecular complexity index is 1580. The van der Waals surface area contributed by atoms with Crippen LogP contribution in [0.25, 0.3) is 0 Å². The van der Waals surface area contributed by atoms with Crippen molar-refractivity contribution in [3.8, 4) is 0 Å². The van der Waals surface area contributed by atoms with Gasteiger partial charge in [-0.15, -0.1) is 0 Å². The number of nitrogens with one attached hydrogen (secondary N) is 1. The Morgan fingerprint density at radius 2 is 1.67 bits per heavy atom. The number of aliphatic carboxylic acids is 1. The average molecular weight is 645 g/mol. The lowest BCUT2D eigenvalue weighted by Crippen LogP contribution is -2.39. The van der Waals surface area contributed by atoms with E-state index in [-0.39, 0.29) is 18.4 Å². The second-order valence-electron chi connectivity index (χ2n) is 10.3. The standard InChI is InChI=1S/C34H31BrClN3O3/c35-26-18-17-25(28(36)21-26)20-30(34(41)42)37-32(24-12-5-2-6-13-24)27-14-7-8-15-29(27)38-33(40)31-16-9-19-39(31)22-23-10-3-1-4-11-23/h1-8,10-15,17-18,21,30-31H,9,16,19-20,22H2,(H,38,40)(H,41,42)/t30-,31-/m1/s1. The molecule has 1 fully saturated rings. The third-order valence-corrected chi connectivity index (χ3v) is 8.23. The first-order chi connectivity index (χ1) is 20.4. The van der Waals surface area contributed by atoms with E-state index >= 15 is 0 Å². The van der Waals surface area contributed by atoms with E-state index < -0.39 is 12.0 Å². The molecule has 6 nitrogen and oxygen atoms in total. The first-order valence-corrected chi connectivity index (χ1v) is 15.0. The highest BCUT2D eigenvalue weighted by atomic mass is 79.9. The van der Waals surface area contributed by atoms with Gasteiger partial charge in [0.15, 0.2) is 6.04 Å². The van der Waals surface area contributed by atoms with E-state index in [0.29, 0.717) is 34.1 Å². The van der Waals surface area contributed by atoms with E-state index in [0.717, 1.165) is 29.4 Å². The van der Waals surface area contributed by atoms with Crippen LogP contribution < -0.4 is 5.32 Å². The van der Waals surface area contributed by atoms with Crippen molar-refractivity contribution in [2.24, 2.45) is 4.99 Å². The van der Waals surface area contributed by atoms with Crippen LogP contribution in [0.2, 0.25) is 5.02 Å². The molecule has 0 radical (unpaired) electrons. The summed E-state index contributed by atoms with van der Waals surface area (Å²) in [6.07, 6.45) is 1.83. The molecule has 1 aliphatic heterocycles. The van der Waals surface area contributed by atoms with Crippen molar-refractivity contribution >= 4 is 50.8 Å². The Morgan fingerprint density at radius 3 is 2.38 bits per heavy atom. The molecular formula is C34H31BrClN3O3. The van der Waals surface area contributed by atoms with E-state index in [2.05, 4.69) is 38.3 Å². The maximum Gasteiger partial charge on any atom is 0.328 e. The molecule has 1 saturated heterocycles. The Balaban J connectivity index is 1.47. The molecule has 0 spiro atoms. The van der Waals surface area contributed by atoms with Gasteiger partial charge in [-0.3, -0.25) is 14.7 Å². The number of anilines is 1. The van der Waals surface area contributed by atoms with E-state index in [9.17, 15) is 14.7 Å². The molecule has 0 saturated carbocycles. The van der Waals surface area contributed by atoms with E-state index in [1.54, 1.807) is 12.1 Å². The van der Waals surface area contributed by atoms with Crippen molar-refractivity contribution < 1.29 is 14.7 Å². The summed E-state index contributed by atoms with van der Waals surface area (Å²) >= 11 is 9.83. The monoisotopic (exact) mass is 643 g/mol. The van der Waals surface area contributed by atoms with Gasteiger partial charge in [0.2, 0.25) is 5.91 Å². The van der Waals surface area contributed by atoms with Gasteiger partial charge in [-0.05, 0) is 48.7 Å². The van der Waals surface area contributed by atoms with Gasteiger partial charge in [0.05, 0.1) is 17.4 Å². The molecule has 4 aromatic carbocycles. The van der Waals surface area contributed by atoms with Gasteiger partial charge in [-0.25, -0.2) is 4.79 Å². The maximum absolute atomic E-state index is 13.7. The summed E-state index contributed by atoms with van der Waals surface area (Å²) < 4.78 is 0.811. The molecular weight excluding hydrogens is 614 g/mol. The number of carbonyl (C=O) groups excluding carboxylic acids is 1. The third kappa shape index (κ3) is 7.34. The van der Waals surface area contributed by atoms with Crippen molar-refractivity contribution in [1.29, 1.82) is 0 Å². The van der Waals surface area contributed by atoms with Crippen molar-refractivity contribution in [2.75, 3.05) is 11.9 Å². The Kier molecular flexibility index (Phi) is 9.85. The highest BCUT2D eigenvalue weighted by Crippen LogP contribution is 2.27. The average Bonchev–Trinajstić information content (AvgIpc) is 3.46. The number of nitrogens with zero attached hydrogens (tertiary/aromatic N) is 2. The Morgan fingerprint density at radius 1 is 0.976 bits per heavy atom. The molecule has 0 aliphatic carbocycles. The van der Waals surface area contributed by atoms with Gasteiger partial charge < -0.3 is 10.4 Å². The molecule has 1 aliphatic rings. The molecule has 0 bridgehead atoms. The van der Waals surface area contributed by atoms with Crippen LogP contribution in [0.15, 0.2) is 113 Å². The van der Waals surface area contributed by atoms with Crippen LogP contribution in [-0.4, -0.2) is 46.2 Å². The summed E-state index contributed by atoms with van der Waals surface area (Å²) in [4.78, 5) is 33.1. The number of rotatable bonds is 10. The molecule has 2 atom stereocenters. The SMILES string of the molecule is O=C(Nc1ccccc1C(=N[C@H](Cc1ccc(Br)cc1Cl)C(=O)O)c1ccccc1)[C@H]1CCCN1Cc1ccccc1. The van der Waals surface area contributed by atoms with Gasteiger partial charge in [-0.1, -0.05) is 112 Å². The van der Waals surface area contributed by atoms with Crippen LogP contribution in [-0.2, 0) is 22.6 Å². The number of aliphatic imine (C=N–C) groups is 1. The number of halogens is 2. The largest absolute Gasteiger partial charge is 0.480 e.